The van der Waals surface area contributed by atoms with Gasteiger partial charge in [0, 0.05) is 15.1 Å². The molecular weight excluding hydrogens is 472 g/mol. The zero-order valence-electron chi connectivity index (χ0n) is 15.8. The van der Waals surface area contributed by atoms with E-state index in [9.17, 15) is 9.59 Å². The van der Waals surface area contributed by atoms with Crippen molar-refractivity contribution >= 4 is 45.6 Å². The predicted molar refractivity (Wildman–Crippen MR) is 119 cm³/mol. The van der Waals surface area contributed by atoms with Crippen molar-refractivity contribution in [3.8, 4) is 11.5 Å². The van der Waals surface area contributed by atoms with Crippen LogP contribution in [0.1, 0.15) is 26.3 Å². The number of halogens is 2. The number of rotatable bonds is 6. The molecule has 0 aliphatic heterocycles. The Morgan fingerprint density at radius 1 is 1.03 bits per heavy atom. The van der Waals surface area contributed by atoms with Crippen LogP contribution >= 0.6 is 27.5 Å². The zero-order valence-corrected chi connectivity index (χ0v) is 18.1. The average Bonchev–Trinajstić information content (AvgIpc) is 2.75. The molecule has 0 unspecified atom stereocenters. The number of esters is 1. The number of para-hydroxylation sites is 1. The third-order valence-corrected chi connectivity index (χ3v) is 4.72. The zero-order chi connectivity index (χ0) is 21.5. The van der Waals surface area contributed by atoms with E-state index in [1.807, 2.05) is 0 Å². The van der Waals surface area contributed by atoms with Crippen molar-refractivity contribution in [2.75, 3.05) is 7.11 Å². The molecule has 3 aromatic carbocycles. The maximum atomic E-state index is 12.4. The summed E-state index contributed by atoms with van der Waals surface area (Å²) in [4.78, 5) is 24.8. The molecule has 30 heavy (non-hydrogen) atoms. The van der Waals surface area contributed by atoms with E-state index < -0.39 is 11.9 Å². The summed E-state index contributed by atoms with van der Waals surface area (Å²) in [5.74, 6) is -0.255. The Kier molecular flexibility index (Phi) is 7.21. The number of nitrogens with one attached hydrogen (secondary N) is 1. The van der Waals surface area contributed by atoms with Crippen LogP contribution < -0.4 is 14.9 Å². The highest BCUT2D eigenvalue weighted by atomic mass is 79.9. The van der Waals surface area contributed by atoms with Crippen LogP contribution in [-0.4, -0.2) is 25.2 Å². The molecule has 0 heterocycles. The molecule has 3 aromatic rings. The highest BCUT2D eigenvalue weighted by molar-refractivity contribution is 9.10. The smallest absolute Gasteiger partial charge is 0.343 e. The number of hydrazone groups is 1. The van der Waals surface area contributed by atoms with Crippen LogP contribution in [-0.2, 0) is 0 Å². The van der Waals surface area contributed by atoms with Crippen LogP contribution in [0.4, 0.5) is 0 Å². The van der Waals surface area contributed by atoms with Crippen LogP contribution in [0, 0.1) is 0 Å². The first-order chi connectivity index (χ1) is 14.5. The van der Waals surface area contributed by atoms with Crippen LogP contribution in [0.2, 0.25) is 5.02 Å². The maximum Gasteiger partial charge on any atom is 0.343 e. The molecular formula is C22H16BrClN2O4. The maximum absolute atomic E-state index is 12.4. The molecule has 152 valence electrons. The van der Waals surface area contributed by atoms with Crippen molar-refractivity contribution in [1.29, 1.82) is 0 Å². The molecule has 3 rings (SSSR count). The third-order valence-electron chi connectivity index (χ3n) is 3.98. The second-order valence-electron chi connectivity index (χ2n) is 5.98. The van der Waals surface area contributed by atoms with Crippen LogP contribution in [0.5, 0.6) is 11.5 Å². The third kappa shape index (κ3) is 5.46. The topological polar surface area (TPSA) is 77.0 Å². The molecule has 8 heteroatoms. The Morgan fingerprint density at radius 2 is 1.77 bits per heavy atom. The fraction of sp³-hybridized carbons (Fsp3) is 0.0455. The fourth-order valence-electron chi connectivity index (χ4n) is 2.50. The van der Waals surface area contributed by atoms with E-state index in [0.717, 1.165) is 4.47 Å². The Morgan fingerprint density at radius 3 is 2.50 bits per heavy atom. The molecule has 0 spiro atoms. The second-order valence-corrected chi connectivity index (χ2v) is 7.33. The summed E-state index contributed by atoms with van der Waals surface area (Å²) in [6, 6.07) is 18.3. The Balaban J connectivity index is 1.72. The standard InChI is InChI=1S/C22H16BrClN2O4/c1-29-20-11-8-16(23)12-18(20)21(27)26-25-13-15-4-2-3-5-19(15)30-22(28)14-6-9-17(24)10-7-14/h2-13H,1H3,(H,26,27)/b25-13+. The quantitative estimate of drug-likeness (QED) is 0.227. The predicted octanol–water partition coefficient (Wildman–Crippen LogP) is 5.09. The van der Waals surface area contributed by atoms with Crippen molar-refractivity contribution in [1.82, 2.24) is 5.43 Å². The summed E-state index contributed by atoms with van der Waals surface area (Å²) in [6.07, 6.45) is 1.40. The van der Waals surface area contributed by atoms with E-state index in [1.54, 1.807) is 66.7 Å². The van der Waals surface area contributed by atoms with Crippen molar-refractivity contribution < 1.29 is 19.1 Å². The SMILES string of the molecule is COc1ccc(Br)cc1C(=O)N/N=C/c1ccccc1OC(=O)c1ccc(Cl)cc1. The summed E-state index contributed by atoms with van der Waals surface area (Å²) >= 11 is 9.17. The summed E-state index contributed by atoms with van der Waals surface area (Å²) in [7, 11) is 1.48. The van der Waals surface area contributed by atoms with E-state index in [-0.39, 0.29) is 0 Å². The molecule has 0 saturated carbocycles. The molecule has 1 N–H and O–H groups in total. The first kappa shape index (κ1) is 21.5. The van der Waals surface area contributed by atoms with Gasteiger partial charge in [0.1, 0.15) is 11.5 Å². The molecule has 0 radical (unpaired) electrons. The van der Waals surface area contributed by atoms with Crippen molar-refractivity contribution in [3.63, 3.8) is 0 Å². The molecule has 0 aliphatic rings. The number of methoxy groups -OCH3 is 1. The lowest BCUT2D eigenvalue weighted by atomic mass is 10.2. The largest absolute Gasteiger partial charge is 0.496 e. The van der Waals surface area contributed by atoms with Gasteiger partial charge in [0.15, 0.2) is 0 Å². The minimum absolute atomic E-state index is 0.301. The van der Waals surface area contributed by atoms with Gasteiger partial charge in [0.05, 0.1) is 24.5 Å². The number of hydrogen-bond acceptors (Lipinski definition) is 5. The molecule has 0 aromatic heterocycles. The van der Waals surface area contributed by atoms with Gasteiger partial charge in [-0.1, -0.05) is 39.7 Å². The summed E-state index contributed by atoms with van der Waals surface area (Å²) < 4.78 is 11.4. The van der Waals surface area contributed by atoms with Gasteiger partial charge in [-0.2, -0.15) is 5.10 Å². The minimum atomic E-state index is -0.532. The molecule has 6 nitrogen and oxygen atoms in total. The lowest BCUT2D eigenvalue weighted by molar-refractivity contribution is 0.0734. The lowest BCUT2D eigenvalue weighted by Gasteiger charge is -2.08. The van der Waals surface area contributed by atoms with Gasteiger partial charge in [-0.05, 0) is 54.6 Å². The van der Waals surface area contributed by atoms with Gasteiger partial charge in [0.2, 0.25) is 0 Å². The van der Waals surface area contributed by atoms with E-state index in [4.69, 9.17) is 21.1 Å². The molecule has 0 atom stereocenters. The van der Waals surface area contributed by atoms with Gasteiger partial charge in [0.25, 0.3) is 5.91 Å². The molecule has 0 aliphatic carbocycles. The van der Waals surface area contributed by atoms with Crippen LogP contribution in [0.3, 0.4) is 0 Å². The number of hydrogen-bond donors (Lipinski definition) is 1. The van der Waals surface area contributed by atoms with E-state index in [2.05, 4.69) is 26.5 Å². The molecule has 1 amide bonds. The van der Waals surface area contributed by atoms with Crippen molar-refractivity contribution in [2.24, 2.45) is 5.10 Å². The summed E-state index contributed by atoms with van der Waals surface area (Å²) in [6.45, 7) is 0. The molecule has 0 bridgehead atoms. The number of amides is 1. The van der Waals surface area contributed by atoms with E-state index >= 15 is 0 Å². The first-order valence-electron chi connectivity index (χ1n) is 8.71. The Bertz CT molecular complexity index is 1100. The Hall–Kier alpha value is -3.16. The molecule has 0 saturated heterocycles. The van der Waals surface area contributed by atoms with Gasteiger partial charge in [-0.15, -0.1) is 0 Å². The number of nitrogens with zero attached hydrogens (tertiary/aromatic N) is 1. The van der Waals surface area contributed by atoms with E-state index in [0.29, 0.717) is 33.2 Å². The van der Waals surface area contributed by atoms with Crippen LogP contribution in [0.25, 0.3) is 0 Å². The van der Waals surface area contributed by atoms with Gasteiger partial charge in [-0.25, -0.2) is 10.2 Å². The van der Waals surface area contributed by atoms with Gasteiger partial charge >= 0.3 is 5.97 Å². The van der Waals surface area contributed by atoms with Gasteiger partial charge in [-0.3, -0.25) is 4.79 Å². The highest BCUT2D eigenvalue weighted by Gasteiger charge is 2.13. The number of carbonyl (C=O) groups excluding carboxylic acids is 2. The Labute approximate surface area is 186 Å². The fourth-order valence-corrected chi connectivity index (χ4v) is 2.99. The van der Waals surface area contributed by atoms with Crippen LogP contribution in [0.15, 0.2) is 76.3 Å². The van der Waals surface area contributed by atoms with E-state index in [1.165, 1.54) is 13.3 Å². The summed E-state index contributed by atoms with van der Waals surface area (Å²) in [5.41, 5.74) is 3.65. The lowest BCUT2D eigenvalue weighted by Crippen LogP contribution is -2.18. The second kappa shape index (κ2) is 10.0. The minimum Gasteiger partial charge on any atom is -0.496 e. The first-order valence-corrected chi connectivity index (χ1v) is 9.89. The van der Waals surface area contributed by atoms with Gasteiger partial charge < -0.3 is 9.47 Å². The number of carbonyl (C=O) groups is 2. The van der Waals surface area contributed by atoms with Crippen molar-refractivity contribution in [2.45, 2.75) is 0 Å². The average molecular weight is 488 g/mol. The monoisotopic (exact) mass is 486 g/mol. The normalized spacial score (nSPS) is 10.6. The summed E-state index contributed by atoms with van der Waals surface area (Å²) in [5, 5.41) is 4.50. The number of ether oxygens (including phenoxy) is 2. The van der Waals surface area contributed by atoms with Crippen molar-refractivity contribution in [3.05, 3.63) is 92.9 Å². The highest BCUT2D eigenvalue weighted by Crippen LogP contribution is 2.23. The number of benzene rings is 3. The molecule has 0 fully saturated rings.